The van der Waals surface area contributed by atoms with E-state index in [-0.39, 0.29) is 19.5 Å². The topological polar surface area (TPSA) is 0 Å². The Morgan fingerprint density at radius 3 is 2.33 bits per heavy atom. The van der Waals surface area contributed by atoms with Crippen LogP contribution in [0.1, 0.15) is 17.9 Å². The van der Waals surface area contributed by atoms with Gasteiger partial charge in [-0.1, -0.05) is 36.4 Å². The first-order chi connectivity index (χ1) is 5.38. The molecule has 0 bridgehead atoms. The quantitative estimate of drug-likeness (QED) is 0.408. The number of rotatable bonds is 3. The van der Waals surface area contributed by atoms with Gasteiger partial charge in [-0.3, -0.25) is 0 Å². The molecule has 1 atom stereocenters. The van der Waals surface area contributed by atoms with Crippen molar-refractivity contribution in [2.75, 3.05) is 0 Å². The van der Waals surface area contributed by atoms with Crippen molar-refractivity contribution >= 4 is 0 Å². The van der Waals surface area contributed by atoms with E-state index < -0.39 is 0 Å². The van der Waals surface area contributed by atoms with Crippen LogP contribution in [-0.2, 0) is 19.5 Å². The molecule has 0 saturated carbocycles. The maximum Gasteiger partial charge on any atom is 0 e. The Labute approximate surface area is 87.4 Å². The van der Waals surface area contributed by atoms with Crippen molar-refractivity contribution in [1.82, 2.24) is 0 Å². The Bertz CT molecular complexity index is 216. The van der Waals surface area contributed by atoms with Gasteiger partial charge in [0.15, 0.2) is 0 Å². The maximum absolute atomic E-state index is 3.86. The van der Waals surface area contributed by atoms with E-state index in [1.54, 1.807) is 0 Å². The molecule has 0 aliphatic heterocycles. The predicted molar refractivity (Wildman–Crippen MR) is 49.4 cm³/mol. The van der Waals surface area contributed by atoms with E-state index >= 15 is 0 Å². The van der Waals surface area contributed by atoms with Crippen LogP contribution in [-0.4, -0.2) is 0 Å². The molecule has 1 aromatic rings. The molecule has 0 saturated heterocycles. The summed E-state index contributed by atoms with van der Waals surface area (Å²) >= 11 is 0. The third-order valence-corrected chi connectivity index (χ3v) is 1.82. The van der Waals surface area contributed by atoms with Crippen LogP contribution in [0.2, 0.25) is 0 Å². The van der Waals surface area contributed by atoms with Crippen molar-refractivity contribution in [3.8, 4) is 0 Å². The molecule has 0 fully saturated rings. The minimum absolute atomic E-state index is 0. The van der Waals surface area contributed by atoms with Gasteiger partial charge in [0, 0.05) is 19.5 Å². The Morgan fingerprint density at radius 2 is 1.92 bits per heavy atom. The summed E-state index contributed by atoms with van der Waals surface area (Å²) in [6.07, 6.45) is 2.83. The molecular formula is C11H13Zn-. The van der Waals surface area contributed by atoms with E-state index in [1.165, 1.54) is 5.56 Å². The molecule has 1 rings (SSSR count). The second-order valence-corrected chi connectivity index (χ2v) is 2.54. The summed E-state index contributed by atoms with van der Waals surface area (Å²) in [6, 6.07) is 10.3. The van der Waals surface area contributed by atoms with Gasteiger partial charge in [0.25, 0.3) is 0 Å². The van der Waals surface area contributed by atoms with E-state index in [4.69, 9.17) is 0 Å². The molecule has 1 heteroatoms. The van der Waals surface area contributed by atoms with Gasteiger partial charge in [-0.25, -0.2) is 0 Å². The summed E-state index contributed by atoms with van der Waals surface area (Å²) in [5, 5.41) is 0. The van der Waals surface area contributed by atoms with Crippen molar-refractivity contribution < 1.29 is 19.5 Å². The van der Waals surface area contributed by atoms with E-state index in [2.05, 4.69) is 25.6 Å². The van der Waals surface area contributed by atoms with E-state index in [9.17, 15) is 0 Å². The van der Waals surface area contributed by atoms with E-state index in [0.717, 1.165) is 6.42 Å². The van der Waals surface area contributed by atoms with E-state index in [1.807, 2.05) is 24.3 Å². The number of hydrogen-bond donors (Lipinski definition) is 0. The molecule has 1 unspecified atom stereocenters. The second-order valence-electron chi connectivity index (χ2n) is 2.54. The third-order valence-electron chi connectivity index (χ3n) is 1.82. The van der Waals surface area contributed by atoms with Gasteiger partial charge in [0.2, 0.25) is 0 Å². The van der Waals surface area contributed by atoms with E-state index in [0.29, 0.717) is 5.92 Å². The molecule has 12 heavy (non-hydrogen) atoms. The van der Waals surface area contributed by atoms with Gasteiger partial charge < -0.3 is 6.92 Å². The Balaban J connectivity index is 0.00000121. The van der Waals surface area contributed by atoms with Gasteiger partial charge in [0.05, 0.1) is 0 Å². The molecule has 0 aliphatic carbocycles. The summed E-state index contributed by atoms with van der Waals surface area (Å²) < 4.78 is 0. The fourth-order valence-electron chi connectivity index (χ4n) is 1.12. The molecule has 0 spiro atoms. The smallest absolute Gasteiger partial charge is 0 e. The minimum Gasteiger partial charge on any atom is -0.342 e. The van der Waals surface area contributed by atoms with Gasteiger partial charge in [-0.05, 0) is 11.5 Å². The maximum atomic E-state index is 3.86. The van der Waals surface area contributed by atoms with Crippen LogP contribution in [0.3, 0.4) is 0 Å². The standard InChI is InChI=1S/C11H13.Zn/c1-3-10(4-2)11-8-6-5-7-9-11;/h3,5-10H,1-2,4H2;/q-1;. The molecule has 0 nitrogen and oxygen atoms in total. The second kappa shape index (κ2) is 6.14. The first-order valence-electron chi connectivity index (χ1n) is 3.85. The van der Waals surface area contributed by atoms with Gasteiger partial charge in [0.1, 0.15) is 0 Å². The average Bonchev–Trinajstić information content (AvgIpc) is 2.09. The fraction of sp³-hybridized carbons (Fsp3) is 0.182. The van der Waals surface area contributed by atoms with Crippen molar-refractivity contribution in [2.45, 2.75) is 12.3 Å². The number of benzene rings is 1. The van der Waals surface area contributed by atoms with Crippen LogP contribution in [0.15, 0.2) is 43.0 Å². The summed E-state index contributed by atoms with van der Waals surface area (Å²) in [6.45, 7) is 7.63. The minimum atomic E-state index is 0. The predicted octanol–water partition coefficient (Wildman–Crippen LogP) is 3.18. The summed E-state index contributed by atoms with van der Waals surface area (Å²) in [5.74, 6) is 0.413. The van der Waals surface area contributed by atoms with Crippen LogP contribution in [0.25, 0.3) is 0 Å². The van der Waals surface area contributed by atoms with Gasteiger partial charge in [-0.2, -0.15) is 6.42 Å². The Hall–Kier alpha value is -0.417. The molecule has 0 heterocycles. The molecule has 0 N–H and O–H groups in total. The number of hydrogen-bond acceptors (Lipinski definition) is 0. The Kier molecular flexibility index (Phi) is 5.93. The van der Waals surface area contributed by atoms with Crippen LogP contribution < -0.4 is 0 Å². The summed E-state index contributed by atoms with van der Waals surface area (Å²) in [5.41, 5.74) is 1.30. The zero-order valence-corrected chi connectivity index (χ0v) is 10.3. The molecule has 1 aromatic carbocycles. The van der Waals surface area contributed by atoms with Crippen LogP contribution >= 0.6 is 0 Å². The average molecular weight is 211 g/mol. The fourth-order valence-corrected chi connectivity index (χ4v) is 1.12. The molecule has 0 amide bonds. The zero-order valence-electron chi connectivity index (χ0n) is 7.37. The first-order valence-corrected chi connectivity index (χ1v) is 3.85. The summed E-state index contributed by atoms with van der Waals surface area (Å²) in [7, 11) is 0. The molecular weight excluding hydrogens is 198 g/mol. The SMILES string of the molecule is C=CC(C[CH2-])c1ccccc1.[Zn]. The monoisotopic (exact) mass is 209 g/mol. The van der Waals surface area contributed by atoms with Crippen LogP contribution in [0.5, 0.6) is 0 Å². The van der Waals surface area contributed by atoms with Gasteiger partial charge >= 0.3 is 0 Å². The van der Waals surface area contributed by atoms with Crippen molar-refractivity contribution in [3.05, 3.63) is 55.5 Å². The third kappa shape index (κ3) is 2.91. The van der Waals surface area contributed by atoms with Crippen LogP contribution in [0, 0.1) is 6.92 Å². The normalized spacial score (nSPS) is 11.4. The molecule has 0 aliphatic rings. The Morgan fingerprint density at radius 1 is 1.33 bits per heavy atom. The summed E-state index contributed by atoms with van der Waals surface area (Å²) in [4.78, 5) is 0. The van der Waals surface area contributed by atoms with Crippen molar-refractivity contribution in [1.29, 1.82) is 0 Å². The van der Waals surface area contributed by atoms with Gasteiger partial charge in [-0.15, -0.1) is 6.58 Å². The molecule has 0 aromatic heterocycles. The van der Waals surface area contributed by atoms with Crippen molar-refractivity contribution in [2.24, 2.45) is 0 Å². The zero-order chi connectivity index (χ0) is 8.10. The first kappa shape index (κ1) is 11.6. The van der Waals surface area contributed by atoms with Crippen molar-refractivity contribution in [3.63, 3.8) is 0 Å². The van der Waals surface area contributed by atoms with Crippen LogP contribution in [0.4, 0.5) is 0 Å². The molecule has 60 valence electrons. The number of allylic oxidation sites excluding steroid dienone is 1. The molecule has 0 radical (unpaired) electrons. The largest absolute Gasteiger partial charge is 0.342 e.